The topological polar surface area (TPSA) is 38.0 Å². The molecule has 0 unspecified atom stereocenters. The van der Waals surface area contributed by atoms with E-state index in [0.29, 0.717) is 0 Å². The van der Waals surface area contributed by atoms with Gasteiger partial charge in [0.05, 0.1) is 17.8 Å². The van der Waals surface area contributed by atoms with Crippen LogP contribution < -0.4 is 0 Å². The number of rotatable bonds is 6. The molecule has 3 heteroatoms. The van der Waals surface area contributed by atoms with Gasteiger partial charge in [0.1, 0.15) is 0 Å². The lowest BCUT2D eigenvalue weighted by molar-refractivity contribution is 0.335. The van der Waals surface area contributed by atoms with Gasteiger partial charge in [-0.3, -0.25) is 4.68 Å². The Hall–Kier alpha value is -3.35. The molecule has 0 spiro atoms. The molecule has 0 aliphatic rings. The molecule has 0 bridgehead atoms. The summed E-state index contributed by atoms with van der Waals surface area (Å²) in [4.78, 5) is 0. The molecule has 0 fully saturated rings. The summed E-state index contributed by atoms with van der Waals surface area (Å²) < 4.78 is 2.02. The molecule has 0 saturated heterocycles. The van der Waals surface area contributed by atoms with Crippen molar-refractivity contribution in [3.63, 3.8) is 0 Å². The summed E-state index contributed by atoms with van der Waals surface area (Å²) >= 11 is 0. The molecule has 3 aromatic rings. The minimum absolute atomic E-state index is 0.0205. The summed E-state index contributed by atoms with van der Waals surface area (Å²) in [7, 11) is 0. The van der Waals surface area contributed by atoms with Crippen LogP contribution in [0.5, 0.6) is 0 Å². The van der Waals surface area contributed by atoms with Crippen LogP contribution in [0, 0.1) is 26.7 Å². The number of nitrogens with zero attached hydrogens (tertiary/aromatic N) is 2. The highest BCUT2D eigenvalue weighted by molar-refractivity contribution is 5.82. The zero-order chi connectivity index (χ0) is 22.4. The van der Waals surface area contributed by atoms with Gasteiger partial charge in [-0.1, -0.05) is 84.5 Å². The molecule has 0 atom stereocenters. The Balaban J connectivity index is 0.000000375. The van der Waals surface area contributed by atoms with E-state index in [9.17, 15) is 5.11 Å². The second kappa shape index (κ2) is 13.8. The van der Waals surface area contributed by atoms with E-state index in [1.54, 1.807) is 12.2 Å². The van der Waals surface area contributed by atoms with E-state index in [4.69, 9.17) is 0 Å². The zero-order valence-corrected chi connectivity index (χ0v) is 18.3. The van der Waals surface area contributed by atoms with Gasteiger partial charge < -0.3 is 5.11 Å². The van der Waals surface area contributed by atoms with Crippen molar-refractivity contribution in [2.75, 3.05) is 6.61 Å². The van der Waals surface area contributed by atoms with E-state index in [-0.39, 0.29) is 6.61 Å². The van der Waals surface area contributed by atoms with Crippen molar-refractivity contribution in [1.29, 1.82) is 0 Å². The first-order valence-electron chi connectivity index (χ1n) is 9.99. The summed E-state index contributed by atoms with van der Waals surface area (Å²) in [5.41, 5.74) is 5.74. The lowest BCUT2D eigenvalue weighted by Gasteiger charge is -1.95. The van der Waals surface area contributed by atoms with E-state index < -0.39 is 0 Å². The number of hydrogen-bond donors (Lipinski definition) is 1. The summed E-state index contributed by atoms with van der Waals surface area (Å²) in [6, 6.07) is 16.7. The molecule has 2 aromatic carbocycles. The molecular formula is C27H32N2O. The minimum Gasteiger partial charge on any atom is -0.392 e. The summed E-state index contributed by atoms with van der Waals surface area (Å²) in [5.74, 6) is 0. The molecular weight excluding hydrogens is 368 g/mol. The molecule has 3 nitrogen and oxygen atoms in total. The van der Waals surface area contributed by atoms with Crippen molar-refractivity contribution >= 4 is 10.9 Å². The number of para-hydroxylation sites is 1. The molecule has 0 saturated carbocycles. The maximum absolute atomic E-state index is 9.18. The maximum Gasteiger partial charge on any atom is 0.0741 e. The second-order valence-corrected chi connectivity index (χ2v) is 6.68. The number of allylic oxidation sites excluding steroid dienone is 3. The molecule has 0 aliphatic heterocycles. The quantitative estimate of drug-likeness (QED) is 0.419. The fourth-order valence-electron chi connectivity index (χ4n) is 2.86. The van der Waals surface area contributed by atoms with Crippen molar-refractivity contribution in [1.82, 2.24) is 9.78 Å². The predicted octanol–water partition coefficient (Wildman–Crippen LogP) is 5.81. The number of aromatic nitrogens is 2. The van der Waals surface area contributed by atoms with Crippen molar-refractivity contribution in [2.24, 2.45) is 0 Å². The highest BCUT2D eigenvalue weighted by atomic mass is 16.3. The summed E-state index contributed by atoms with van der Waals surface area (Å²) in [5, 5.41) is 15.0. The zero-order valence-electron chi connectivity index (χ0n) is 18.3. The molecule has 30 heavy (non-hydrogen) atoms. The maximum atomic E-state index is 9.18. The number of hydrogen-bond acceptors (Lipinski definition) is 2. The van der Waals surface area contributed by atoms with Crippen LogP contribution in [0.25, 0.3) is 10.9 Å². The predicted molar refractivity (Wildman–Crippen MR) is 129 cm³/mol. The molecule has 0 aliphatic carbocycles. The highest BCUT2D eigenvalue weighted by Gasteiger charge is 2.07. The van der Waals surface area contributed by atoms with Crippen molar-refractivity contribution in [3.8, 4) is 12.8 Å². The Labute approximate surface area is 181 Å². The van der Waals surface area contributed by atoms with Crippen LogP contribution in [0.2, 0.25) is 0 Å². The SMILES string of the molecule is C#C.C=C/C=C(\C=C/Cc1nn(CC)c2ccccc12)CO.Cc1ccc(C)cc1. The fraction of sp³-hybridized carbons (Fsp3) is 0.222. The van der Waals surface area contributed by atoms with Crippen LogP contribution in [-0.2, 0) is 13.0 Å². The fourth-order valence-corrected chi connectivity index (χ4v) is 2.86. The van der Waals surface area contributed by atoms with Gasteiger partial charge in [-0.15, -0.1) is 12.8 Å². The number of benzene rings is 2. The van der Waals surface area contributed by atoms with Gasteiger partial charge in [-0.2, -0.15) is 5.10 Å². The average Bonchev–Trinajstić information content (AvgIpc) is 3.15. The first-order chi connectivity index (χ1) is 14.6. The van der Waals surface area contributed by atoms with Crippen LogP contribution >= 0.6 is 0 Å². The minimum atomic E-state index is 0.0205. The van der Waals surface area contributed by atoms with Crippen LogP contribution in [0.4, 0.5) is 0 Å². The smallest absolute Gasteiger partial charge is 0.0741 e. The monoisotopic (exact) mass is 400 g/mol. The largest absolute Gasteiger partial charge is 0.392 e. The van der Waals surface area contributed by atoms with Gasteiger partial charge >= 0.3 is 0 Å². The molecule has 156 valence electrons. The normalized spacial score (nSPS) is 10.8. The number of fused-ring (bicyclic) bond motifs is 1. The third kappa shape index (κ3) is 7.58. The standard InChI is InChI=1S/C17H20N2O.C8H10.C2H2/c1-3-8-14(13-20)9-7-11-16-15-10-5-6-12-17(15)19(4-2)18-16;1-7-3-5-8(2)6-4-7;1-2/h3,5-10,12,20H,1,4,11,13H2,2H3;3-6H,1-2H3;1-2H/b9-7-,14-8+;;. The molecule has 0 amide bonds. The molecule has 3 rings (SSSR count). The molecule has 1 aromatic heterocycles. The van der Waals surface area contributed by atoms with Crippen LogP contribution in [0.1, 0.15) is 23.7 Å². The number of aliphatic hydroxyl groups excluding tert-OH is 1. The number of aliphatic hydroxyl groups is 1. The Kier molecular flexibility index (Phi) is 11.3. The van der Waals surface area contributed by atoms with E-state index in [0.717, 1.165) is 24.2 Å². The first-order valence-corrected chi connectivity index (χ1v) is 9.99. The number of terminal acetylenes is 1. The van der Waals surface area contributed by atoms with Gasteiger partial charge in [0.2, 0.25) is 0 Å². The van der Waals surface area contributed by atoms with E-state index >= 15 is 0 Å². The average molecular weight is 401 g/mol. The Morgan fingerprint density at radius 3 is 2.20 bits per heavy atom. The van der Waals surface area contributed by atoms with Crippen LogP contribution in [0.3, 0.4) is 0 Å². The van der Waals surface area contributed by atoms with Gasteiger partial charge in [0, 0.05) is 18.4 Å². The van der Waals surface area contributed by atoms with Gasteiger partial charge in [-0.25, -0.2) is 0 Å². The van der Waals surface area contributed by atoms with Gasteiger partial charge in [0.25, 0.3) is 0 Å². The second-order valence-electron chi connectivity index (χ2n) is 6.68. The van der Waals surface area contributed by atoms with Gasteiger partial charge in [0.15, 0.2) is 0 Å². The summed E-state index contributed by atoms with van der Waals surface area (Å²) in [6.45, 7) is 10.8. The van der Waals surface area contributed by atoms with Crippen molar-refractivity contribution in [3.05, 3.63) is 102 Å². The summed E-state index contributed by atoms with van der Waals surface area (Å²) in [6.07, 6.45) is 16.2. The molecule has 1 N–H and O–H groups in total. The lowest BCUT2D eigenvalue weighted by Crippen LogP contribution is -1.96. The van der Waals surface area contributed by atoms with E-state index in [1.807, 2.05) is 29.0 Å². The Morgan fingerprint density at radius 2 is 1.67 bits per heavy atom. The van der Waals surface area contributed by atoms with Crippen LogP contribution in [-0.4, -0.2) is 21.5 Å². The van der Waals surface area contributed by atoms with Crippen molar-refractivity contribution in [2.45, 2.75) is 33.7 Å². The van der Waals surface area contributed by atoms with E-state index in [2.05, 4.69) is 81.7 Å². The Morgan fingerprint density at radius 1 is 1.07 bits per heavy atom. The lowest BCUT2D eigenvalue weighted by atomic mass is 10.1. The Bertz CT molecular complexity index is 968. The first kappa shape index (κ1) is 24.7. The van der Waals surface area contributed by atoms with Crippen LogP contribution in [0.15, 0.2) is 85.0 Å². The molecule has 1 heterocycles. The highest BCUT2D eigenvalue weighted by Crippen LogP contribution is 2.19. The van der Waals surface area contributed by atoms with Gasteiger partial charge in [-0.05, 0) is 32.4 Å². The van der Waals surface area contributed by atoms with Crippen molar-refractivity contribution < 1.29 is 5.11 Å². The number of aryl methyl sites for hydroxylation is 3. The third-order valence-corrected chi connectivity index (χ3v) is 4.41. The third-order valence-electron chi connectivity index (χ3n) is 4.41. The molecule has 0 radical (unpaired) electrons. The van der Waals surface area contributed by atoms with E-state index in [1.165, 1.54) is 22.0 Å².